The van der Waals surface area contributed by atoms with Crippen molar-refractivity contribution < 1.29 is 24.2 Å². The van der Waals surface area contributed by atoms with Crippen LogP contribution in [-0.4, -0.2) is 28.2 Å². The van der Waals surface area contributed by atoms with Crippen molar-refractivity contribution in [3.8, 4) is 0 Å². The topological polar surface area (TPSA) is 72.8 Å². The highest BCUT2D eigenvalue weighted by molar-refractivity contribution is 5.84. The summed E-state index contributed by atoms with van der Waals surface area (Å²) in [7, 11) is 0. The number of benzene rings is 1. The molecular formula is C17H22O5. The summed E-state index contributed by atoms with van der Waals surface area (Å²) in [5.41, 5.74) is -1.16. The molecule has 2 rings (SSSR count). The number of aliphatic carboxylic acids is 1. The summed E-state index contributed by atoms with van der Waals surface area (Å²) in [6.45, 7) is 3.83. The molecule has 1 aliphatic heterocycles. The Bertz CT molecular complexity index is 537. The molecule has 1 heterocycles. The highest BCUT2D eigenvalue weighted by Crippen LogP contribution is 2.37. The van der Waals surface area contributed by atoms with Crippen LogP contribution in [0, 0.1) is 0 Å². The number of carbonyl (C=O) groups is 2. The van der Waals surface area contributed by atoms with Crippen LogP contribution in [0.4, 0.5) is 0 Å². The zero-order valence-electron chi connectivity index (χ0n) is 13.0. The SMILES string of the molecule is CC1(C)CCCC(CC(=O)OCc2ccccc2)(C(=O)O)O1. The fraction of sp³-hybridized carbons (Fsp3) is 0.529. The second-order valence-electron chi connectivity index (χ2n) is 6.34. The molecule has 0 saturated carbocycles. The fourth-order valence-electron chi connectivity index (χ4n) is 2.80. The van der Waals surface area contributed by atoms with Crippen molar-refractivity contribution in [1.82, 2.24) is 0 Å². The summed E-state index contributed by atoms with van der Waals surface area (Å²) in [6, 6.07) is 9.28. The molecule has 1 saturated heterocycles. The zero-order chi connectivity index (χ0) is 16.2. The van der Waals surface area contributed by atoms with E-state index in [1.54, 1.807) is 0 Å². The minimum atomic E-state index is -1.48. The molecular weight excluding hydrogens is 284 g/mol. The Morgan fingerprint density at radius 1 is 1.23 bits per heavy atom. The first kappa shape index (κ1) is 16.5. The quantitative estimate of drug-likeness (QED) is 0.847. The normalized spacial score (nSPS) is 23.7. The Labute approximate surface area is 130 Å². The van der Waals surface area contributed by atoms with Gasteiger partial charge >= 0.3 is 11.9 Å². The average Bonchev–Trinajstić information content (AvgIpc) is 2.45. The maximum Gasteiger partial charge on any atom is 0.336 e. The number of hydrogen-bond donors (Lipinski definition) is 1. The lowest BCUT2D eigenvalue weighted by Crippen LogP contribution is -2.52. The van der Waals surface area contributed by atoms with Gasteiger partial charge in [0, 0.05) is 0 Å². The van der Waals surface area contributed by atoms with Crippen molar-refractivity contribution >= 4 is 11.9 Å². The van der Waals surface area contributed by atoms with E-state index in [4.69, 9.17) is 9.47 Å². The van der Waals surface area contributed by atoms with Crippen LogP contribution in [-0.2, 0) is 25.7 Å². The van der Waals surface area contributed by atoms with Crippen molar-refractivity contribution in [2.24, 2.45) is 0 Å². The van der Waals surface area contributed by atoms with Crippen LogP contribution in [0.15, 0.2) is 30.3 Å². The van der Waals surface area contributed by atoms with Crippen molar-refractivity contribution in [1.29, 1.82) is 0 Å². The van der Waals surface area contributed by atoms with Gasteiger partial charge in [0.1, 0.15) is 6.61 Å². The number of carboxylic acids is 1. The summed E-state index contributed by atoms with van der Waals surface area (Å²) in [5.74, 6) is -1.65. The first-order chi connectivity index (χ1) is 10.3. The summed E-state index contributed by atoms with van der Waals surface area (Å²) in [4.78, 5) is 23.7. The van der Waals surface area contributed by atoms with E-state index in [0.717, 1.165) is 12.0 Å². The molecule has 0 spiro atoms. The molecule has 1 N–H and O–H groups in total. The standard InChI is InChI=1S/C17H22O5/c1-16(2)9-6-10-17(22-16,15(19)20)11-14(18)21-12-13-7-4-3-5-8-13/h3-5,7-8H,6,9-12H2,1-2H3,(H,19,20). The average molecular weight is 306 g/mol. The first-order valence-electron chi connectivity index (χ1n) is 7.46. The van der Waals surface area contributed by atoms with Crippen molar-refractivity contribution in [3.63, 3.8) is 0 Å². The minimum Gasteiger partial charge on any atom is -0.479 e. The Morgan fingerprint density at radius 2 is 1.91 bits per heavy atom. The first-order valence-corrected chi connectivity index (χ1v) is 7.46. The van der Waals surface area contributed by atoms with E-state index in [1.165, 1.54) is 0 Å². The Morgan fingerprint density at radius 3 is 2.50 bits per heavy atom. The largest absolute Gasteiger partial charge is 0.479 e. The maximum absolute atomic E-state index is 12.0. The summed E-state index contributed by atoms with van der Waals surface area (Å²) in [6.07, 6.45) is 1.55. The molecule has 1 atom stereocenters. The molecule has 5 nitrogen and oxygen atoms in total. The summed E-state index contributed by atoms with van der Waals surface area (Å²) >= 11 is 0. The van der Waals surface area contributed by atoms with Crippen LogP contribution < -0.4 is 0 Å². The molecule has 1 fully saturated rings. The van der Waals surface area contributed by atoms with E-state index in [-0.39, 0.29) is 13.0 Å². The van der Waals surface area contributed by atoms with Gasteiger partial charge in [-0.2, -0.15) is 0 Å². The second kappa shape index (κ2) is 6.48. The molecule has 0 aliphatic carbocycles. The molecule has 120 valence electrons. The number of carbonyl (C=O) groups excluding carboxylic acids is 1. The third-order valence-electron chi connectivity index (χ3n) is 3.89. The van der Waals surface area contributed by atoms with E-state index in [1.807, 2.05) is 44.2 Å². The van der Waals surface area contributed by atoms with Crippen molar-refractivity contribution in [3.05, 3.63) is 35.9 Å². The predicted molar refractivity (Wildman–Crippen MR) is 80.2 cm³/mol. The molecule has 0 aromatic heterocycles. The van der Waals surface area contributed by atoms with E-state index in [0.29, 0.717) is 12.8 Å². The molecule has 0 amide bonds. The van der Waals surface area contributed by atoms with Crippen molar-refractivity contribution in [2.45, 2.75) is 57.3 Å². The number of carboxylic acid groups (broad SMARTS) is 1. The molecule has 22 heavy (non-hydrogen) atoms. The van der Waals surface area contributed by atoms with Crippen LogP contribution in [0.3, 0.4) is 0 Å². The van der Waals surface area contributed by atoms with Gasteiger partial charge in [-0.25, -0.2) is 4.79 Å². The third-order valence-corrected chi connectivity index (χ3v) is 3.89. The van der Waals surface area contributed by atoms with Gasteiger partial charge in [-0.15, -0.1) is 0 Å². The van der Waals surface area contributed by atoms with Crippen LogP contribution in [0.2, 0.25) is 0 Å². The van der Waals surface area contributed by atoms with E-state index >= 15 is 0 Å². The van der Waals surface area contributed by atoms with Gasteiger partial charge < -0.3 is 14.6 Å². The van der Waals surface area contributed by atoms with Gasteiger partial charge in [0.15, 0.2) is 5.60 Å². The van der Waals surface area contributed by atoms with Crippen LogP contribution in [0.1, 0.15) is 45.1 Å². The van der Waals surface area contributed by atoms with Gasteiger partial charge in [-0.3, -0.25) is 4.79 Å². The van der Waals surface area contributed by atoms with E-state index < -0.39 is 23.1 Å². The Balaban J connectivity index is 1.99. The molecule has 1 aromatic rings. The molecule has 0 radical (unpaired) electrons. The van der Waals surface area contributed by atoms with Gasteiger partial charge in [0.25, 0.3) is 0 Å². The lowest BCUT2D eigenvalue weighted by molar-refractivity contribution is -0.208. The predicted octanol–water partition coefficient (Wildman–Crippen LogP) is 2.92. The molecule has 0 bridgehead atoms. The smallest absolute Gasteiger partial charge is 0.336 e. The number of hydrogen-bond acceptors (Lipinski definition) is 4. The third kappa shape index (κ3) is 4.07. The number of esters is 1. The molecule has 5 heteroatoms. The lowest BCUT2D eigenvalue weighted by Gasteiger charge is -2.42. The Hall–Kier alpha value is -1.88. The monoisotopic (exact) mass is 306 g/mol. The molecule has 1 unspecified atom stereocenters. The number of ether oxygens (including phenoxy) is 2. The highest BCUT2D eigenvalue weighted by atomic mass is 16.6. The van der Waals surface area contributed by atoms with Crippen LogP contribution in [0.5, 0.6) is 0 Å². The van der Waals surface area contributed by atoms with E-state index in [9.17, 15) is 14.7 Å². The van der Waals surface area contributed by atoms with Gasteiger partial charge in [0.2, 0.25) is 0 Å². The van der Waals surface area contributed by atoms with E-state index in [2.05, 4.69) is 0 Å². The Kier molecular flexibility index (Phi) is 4.86. The minimum absolute atomic E-state index is 0.138. The van der Waals surface area contributed by atoms with Gasteiger partial charge in [0.05, 0.1) is 12.0 Å². The zero-order valence-corrected chi connectivity index (χ0v) is 13.0. The number of rotatable bonds is 5. The lowest BCUT2D eigenvalue weighted by atomic mass is 9.84. The molecule has 1 aliphatic rings. The van der Waals surface area contributed by atoms with Crippen LogP contribution in [0.25, 0.3) is 0 Å². The summed E-state index contributed by atoms with van der Waals surface area (Å²) < 4.78 is 10.9. The molecule has 1 aromatic carbocycles. The van der Waals surface area contributed by atoms with Gasteiger partial charge in [-0.1, -0.05) is 30.3 Å². The van der Waals surface area contributed by atoms with Crippen molar-refractivity contribution in [2.75, 3.05) is 0 Å². The highest BCUT2D eigenvalue weighted by Gasteiger charge is 2.48. The fourth-order valence-corrected chi connectivity index (χ4v) is 2.80. The van der Waals surface area contributed by atoms with Gasteiger partial charge in [-0.05, 0) is 38.7 Å². The van der Waals surface area contributed by atoms with Crippen LogP contribution >= 0.6 is 0 Å². The maximum atomic E-state index is 12.0. The second-order valence-corrected chi connectivity index (χ2v) is 6.34. The summed E-state index contributed by atoms with van der Waals surface area (Å²) in [5, 5.41) is 9.52.